The number of nitrogens with one attached hydrogen (secondary N) is 3. The molecule has 5 nitrogen and oxygen atoms in total. The van der Waals surface area contributed by atoms with Gasteiger partial charge in [0.2, 0.25) is 5.91 Å². The molecule has 2 aliphatic rings. The van der Waals surface area contributed by atoms with Crippen molar-refractivity contribution in [3.63, 3.8) is 0 Å². The highest BCUT2D eigenvalue weighted by Crippen LogP contribution is 2.48. The molecule has 2 saturated carbocycles. The Morgan fingerprint density at radius 2 is 1.93 bits per heavy atom. The Bertz CT molecular complexity index is 657. The van der Waals surface area contributed by atoms with Crippen LogP contribution in [0.15, 0.2) is 29.3 Å². The van der Waals surface area contributed by atoms with Gasteiger partial charge in [0.25, 0.3) is 0 Å². The molecule has 2 fully saturated rings. The third-order valence-corrected chi connectivity index (χ3v) is 5.48. The van der Waals surface area contributed by atoms with E-state index < -0.39 is 0 Å². The van der Waals surface area contributed by atoms with Gasteiger partial charge < -0.3 is 16.0 Å². The van der Waals surface area contributed by atoms with E-state index in [4.69, 9.17) is 0 Å². The molecule has 150 valence electrons. The molecule has 0 aromatic heterocycles. The number of aliphatic imine (C=N–C) groups is 1. The first-order valence-electron chi connectivity index (χ1n) is 9.62. The maximum Gasteiger partial charge on any atom is 0.221 e. The number of guanidine groups is 1. The van der Waals surface area contributed by atoms with E-state index in [1.165, 1.54) is 18.9 Å². The van der Waals surface area contributed by atoms with E-state index >= 15 is 0 Å². The van der Waals surface area contributed by atoms with Gasteiger partial charge in [0, 0.05) is 38.0 Å². The zero-order chi connectivity index (χ0) is 18.4. The molecular formula is C20H30FIN4O. The summed E-state index contributed by atoms with van der Waals surface area (Å²) in [5.74, 6) is 0.601. The topological polar surface area (TPSA) is 65.5 Å². The summed E-state index contributed by atoms with van der Waals surface area (Å²) in [5, 5.41) is 9.54. The minimum Gasteiger partial charge on any atom is -0.356 e. The van der Waals surface area contributed by atoms with Gasteiger partial charge in [0.15, 0.2) is 5.96 Å². The molecule has 0 aliphatic heterocycles. The van der Waals surface area contributed by atoms with E-state index in [1.807, 2.05) is 12.1 Å². The Kier molecular flexibility index (Phi) is 8.31. The number of hydrogen-bond acceptors (Lipinski definition) is 2. The van der Waals surface area contributed by atoms with Crippen LogP contribution in [0, 0.1) is 5.82 Å². The fraction of sp³-hybridized carbons (Fsp3) is 0.600. The van der Waals surface area contributed by atoms with Gasteiger partial charge >= 0.3 is 0 Å². The second kappa shape index (κ2) is 10.2. The normalized spacial score (nSPS) is 18.5. The standard InChI is InChI=1S/C20H29FN4O.HI/c1-22-19(23-13-10-18(26)25-15-6-2-3-7-15)24-14-20(11-12-20)16-8-4-5-9-17(16)21;/h4-5,8-9,15H,2-3,6-7,10-14H2,1H3,(H,25,26)(H2,22,23,24);1H. The average Bonchev–Trinajstić information content (AvgIpc) is 3.25. The van der Waals surface area contributed by atoms with Gasteiger partial charge in [-0.15, -0.1) is 24.0 Å². The third-order valence-electron chi connectivity index (χ3n) is 5.48. The van der Waals surface area contributed by atoms with E-state index in [0.717, 1.165) is 31.2 Å². The number of benzene rings is 1. The second-order valence-electron chi connectivity index (χ2n) is 7.41. The molecule has 27 heavy (non-hydrogen) atoms. The van der Waals surface area contributed by atoms with Crippen molar-refractivity contribution in [2.75, 3.05) is 20.1 Å². The lowest BCUT2D eigenvalue weighted by atomic mass is 9.95. The van der Waals surface area contributed by atoms with Crippen LogP contribution in [0.1, 0.15) is 50.5 Å². The van der Waals surface area contributed by atoms with E-state index in [0.29, 0.717) is 31.5 Å². The number of halogens is 2. The predicted octanol–water partition coefficient (Wildman–Crippen LogP) is 3.09. The summed E-state index contributed by atoms with van der Waals surface area (Å²) in [6.45, 7) is 1.17. The van der Waals surface area contributed by atoms with Crippen molar-refractivity contribution >= 4 is 35.8 Å². The first kappa shape index (κ1) is 21.9. The van der Waals surface area contributed by atoms with Crippen molar-refractivity contribution < 1.29 is 9.18 Å². The Hall–Kier alpha value is -1.38. The summed E-state index contributed by atoms with van der Waals surface area (Å²) in [6.07, 6.45) is 6.99. The Balaban J connectivity index is 0.00000261. The van der Waals surface area contributed by atoms with Crippen molar-refractivity contribution in [3.05, 3.63) is 35.6 Å². The first-order chi connectivity index (χ1) is 12.6. The summed E-state index contributed by atoms with van der Waals surface area (Å²) < 4.78 is 14.1. The van der Waals surface area contributed by atoms with Crippen LogP contribution in [-0.4, -0.2) is 38.0 Å². The van der Waals surface area contributed by atoms with Gasteiger partial charge in [-0.25, -0.2) is 4.39 Å². The monoisotopic (exact) mass is 488 g/mol. The molecule has 1 aromatic carbocycles. The van der Waals surface area contributed by atoms with Crippen LogP contribution in [0.4, 0.5) is 4.39 Å². The number of carbonyl (C=O) groups excluding carboxylic acids is 1. The fourth-order valence-electron chi connectivity index (χ4n) is 3.72. The van der Waals surface area contributed by atoms with Gasteiger partial charge in [-0.2, -0.15) is 0 Å². The molecule has 0 saturated heterocycles. The molecule has 1 amide bonds. The smallest absolute Gasteiger partial charge is 0.221 e. The lowest BCUT2D eigenvalue weighted by molar-refractivity contribution is -0.121. The summed E-state index contributed by atoms with van der Waals surface area (Å²) >= 11 is 0. The molecule has 0 spiro atoms. The zero-order valence-electron chi connectivity index (χ0n) is 15.9. The number of nitrogens with zero attached hydrogens (tertiary/aromatic N) is 1. The molecule has 3 rings (SSSR count). The molecule has 0 bridgehead atoms. The lowest BCUT2D eigenvalue weighted by Gasteiger charge is -2.19. The van der Waals surface area contributed by atoms with Crippen molar-refractivity contribution in [2.24, 2.45) is 4.99 Å². The molecule has 1 aromatic rings. The van der Waals surface area contributed by atoms with E-state index in [1.54, 1.807) is 13.1 Å². The Labute approximate surface area is 178 Å². The average molecular weight is 488 g/mol. The first-order valence-corrected chi connectivity index (χ1v) is 9.62. The summed E-state index contributed by atoms with van der Waals surface area (Å²) in [7, 11) is 1.70. The minimum atomic E-state index is -0.140. The van der Waals surface area contributed by atoms with Crippen LogP contribution in [0.5, 0.6) is 0 Å². The molecular weight excluding hydrogens is 458 g/mol. The van der Waals surface area contributed by atoms with E-state index in [2.05, 4.69) is 20.9 Å². The zero-order valence-corrected chi connectivity index (χ0v) is 18.2. The van der Waals surface area contributed by atoms with Gasteiger partial charge in [0.05, 0.1) is 0 Å². The van der Waals surface area contributed by atoms with Crippen LogP contribution in [0.25, 0.3) is 0 Å². The molecule has 0 radical (unpaired) electrons. The summed E-state index contributed by atoms with van der Waals surface area (Å²) in [4.78, 5) is 16.2. The van der Waals surface area contributed by atoms with Gasteiger partial charge in [-0.3, -0.25) is 9.79 Å². The number of hydrogen-bond donors (Lipinski definition) is 3. The quantitative estimate of drug-likeness (QED) is 0.314. The van der Waals surface area contributed by atoms with Gasteiger partial charge in [-0.05, 0) is 37.3 Å². The van der Waals surface area contributed by atoms with Crippen LogP contribution >= 0.6 is 24.0 Å². The maximum absolute atomic E-state index is 14.1. The van der Waals surface area contributed by atoms with Crippen LogP contribution in [0.3, 0.4) is 0 Å². The summed E-state index contributed by atoms with van der Waals surface area (Å²) in [6, 6.07) is 7.35. The molecule has 0 atom stereocenters. The van der Waals surface area contributed by atoms with E-state index in [-0.39, 0.29) is 41.1 Å². The SMILES string of the molecule is CN=C(NCCC(=O)NC1CCCC1)NCC1(c2ccccc2F)CC1.I. The fourth-order valence-corrected chi connectivity index (χ4v) is 3.72. The number of carbonyl (C=O) groups is 1. The summed E-state index contributed by atoms with van der Waals surface area (Å²) in [5.41, 5.74) is 0.641. The Morgan fingerprint density at radius 3 is 2.56 bits per heavy atom. The highest BCUT2D eigenvalue weighted by molar-refractivity contribution is 14.0. The largest absolute Gasteiger partial charge is 0.356 e. The van der Waals surface area contributed by atoms with Crippen LogP contribution < -0.4 is 16.0 Å². The van der Waals surface area contributed by atoms with Crippen molar-refractivity contribution in [3.8, 4) is 0 Å². The van der Waals surface area contributed by atoms with Crippen molar-refractivity contribution in [1.82, 2.24) is 16.0 Å². The highest BCUT2D eigenvalue weighted by atomic mass is 127. The highest BCUT2D eigenvalue weighted by Gasteiger charge is 2.45. The van der Waals surface area contributed by atoms with Crippen molar-refractivity contribution in [1.29, 1.82) is 0 Å². The number of rotatable bonds is 7. The maximum atomic E-state index is 14.1. The molecule has 3 N–H and O–H groups in total. The van der Waals surface area contributed by atoms with Gasteiger partial charge in [-0.1, -0.05) is 31.0 Å². The molecule has 0 heterocycles. The lowest BCUT2D eigenvalue weighted by Crippen LogP contribution is -2.43. The van der Waals surface area contributed by atoms with E-state index in [9.17, 15) is 9.18 Å². The molecule has 7 heteroatoms. The molecule has 2 aliphatic carbocycles. The van der Waals surface area contributed by atoms with Crippen LogP contribution in [0.2, 0.25) is 0 Å². The minimum absolute atomic E-state index is 0. The predicted molar refractivity (Wildman–Crippen MR) is 117 cm³/mol. The van der Waals surface area contributed by atoms with Gasteiger partial charge in [0.1, 0.15) is 5.82 Å². The van der Waals surface area contributed by atoms with Crippen LogP contribution in [-0.2, 0) is 10.2 Å². The third kappa shape index (κ3) is 6.05. The van der Waals surface area contributed by atoms with Crippen molar-refractivity contribution in [2.45, 2.75) is 56.4 Å². The number of amides is 1. The Morgan fingerprint density at radius 1 is 1.22 bits per heavy atom. The second-order valence-corrected chi connectivity index (χ2v) is 7.41. The molecule has 0 unspecified atom stereocenters.